The first-order valence-electron chi connectivity index (χ1n) is 6.37. The molecule has 0 spiro atoms. The molecule has 20 heavy (non-hydrogen) atoms. The summed E-state index contributed by atoms with van der Waals surface area (Å²) in [6.07, 6.45) is 0. The molecule has 0 N–H and O–H groups in total. The second kappa shape index (κ2) is 6.49. The fourth-order valence-corrected chi connectivity index (χ4v) is 2.15. The lowest BCUT2D eigenvalue weighted by molar-refractivity contribution is 0.313. The molecule has 106 valence electrons. The molecule has 2 nitrogen and oxygen atoms in total. The normalized spacial score (nSPS) is 12.5. The lowest BCUT2D eigenvalue weighted by Gasteiger charge is -2.22. The van der Waals surface area contributed by atoms with Gasteiger partial charge in [-0.05, 0) is 39.2 Å². The van der Waals surface area contributed by atoms with Crippen molar-refractivity contribution in [2.24, 2.45) is 0 Å². The summed E-state index contributed by atoms with van der Waals surface area (Å²) in [5.74, 6) is 1.50. The molecule has 0 heterocycles. The van der Waals surface area contributed by atoms with E-state index in [4.69, 9.17) is 27.9 Å². The predicted octanol–water partition coefficient (Wildman–Crippen LogP) is 5.41. The molecule has 2 rings (SSSR count). The minimum atomic E-state index is 0.258. The summed E-state index contributed by atoms with van der Waals surface area (Å²) < 4.78 is 5.95. The van der Waals surface area contributed by atoms with Gasteiger partial charge < -0.3 is 9.64 Å². The van der Waals surface area contributed by atoms with Crippen molar-refractivity contribution in [3.05, 3.63) is 58.1 Å². The molecule has 4 heteroatoms. The maximum Gasteiger partial charge on any atom is 0.132 e. The van der Waals surface area contributed by atoms with E-state index in [-0.39, 0.29) is 6.04 Å². The van der Waals surface area contributed by atoms with Crippen LogP contribution in [0.2, 0.25) is 10.0 Å². The number of ether oxygens (including phenoxy) is 1. The third kappa shape index (κ3) is 3.45. The molecule has 0 aliphatic heterocycles. The van der Waals surface area contributed by atoms with Gasteiger partial charge >= 0.3 is 0 Å². The lowest BCUT2D eigenvalue weighted by atomic mass is 10.1. The summed E-state index contributed by atoms with van der Waals surface area (Å²) >= 11 is 11.9. The number of hydrogen-bond acceptors (Lipinski definition) is 2. The Kier molecular flexibility index (Phi) is 4.92. The van der Waals surface area contributed by atoms with E-state index in [0.717, 1.165) is 11.3 Å². The van der Waals surface area contributed by atoms with Crippen LogP contribution in [0.3, 0.4) is 0 Å². The van der Waals surface area contributed by atoms with E-state index < -0.39 is 0 Å². The van der Waals surface area contributed by atoms with Crippen molar-refractivity contribution in [1.29, 1.82) is 0 Å². The summed E-state index contributed by atoms with van der Waals surface area (Å²) in [6, 6.07) is 13.5. The first-order valence-corrected chi connectivity index (χ1v) is 7.13. The van der Waals surface area contributed by atoms with Crippen molar-refractivity contribution < 1.29 is 4.74 Å². The van der Waals surface area contributed by atoms with Gasteiger partial charge in [-0.15, -0.1) is 0 Å². The first kappa shape index (κ1) is 15.2. The topological polar surface area (TPSA) is 12.5 Å². The Hall–Kier alpha value is -1.22. The van der Waals surface area contributed by atoms with Gasteiger partial charge in [0.2, 0.25) is 0 Å². The SMILES string of the molecule is CC(c1ccccc1Oc1ccc(Cl)c(Cl)c1)N(C)C. The average molecular weight is 310 g/mol. The standard InChI is InChI=1S/C16H17Cl2NO/c1-11(19(2)3)13-6-4-5-7-16(13)20-12-8-9-14(17)15(18)10-12/h4-11H,1-3H3. The van der Waals surface area contributed by atoms with Crippen molar-refractivity contribution >= 4 is 23.2 Å². The largest absolute Gasteiger partial charge is 0.457 e. The Labute approximate surface area is 129 Å². The fraction of sp³-hybridized carbons (Fsp3) is 0.250. The number of para-hydroxylation sites is 1. The van der Waals surface area contributed by atoms with Gasteiger partial charge in [0, 0.05) is 17.7 Å². The van der Waals surface area contributed by atoms with Gasteiger partial charge in [-0.2, -0.15) is 0 Å². The smallest absolute Gasteiger partial charge is 0.132 e. The Morgan fingerprint density at radius 1 is 1.00 bits per heavy atom. The molecule has 0 aromatic heterocycles. The maximum absolute atomic E-state index is 6.01. The second-order valence-corrected chi connectivity index (χ2v) is 5.67. The second-order valence-electron chi connectivity index (χ2n) is 4.86. The molecule has 1 atom stereocenters. The van der Waals surface area contributed by atoms with E-state index in [1.54, 1.807) is 12.1 Å². The van der Waals surface area contributed by atoms with Crippen molar-refractivity contribution in [2.45, 2.75) is 13.0 Å². The molecule has 0 aliphatic carbocycles. The van der Waals surface area contributed by atoms with Crippen molar-refractivity contribution in [3.63, 3.8) is 0 Å². The van der Waals surface area contributed by atoms with Crippen LogP contribution >= 0.6 is 23.2 Å². The van der Waals surface area contributed by atoms with Crippen molar-refractivity contribution in [3.8, 4) is 11.5 Å². The zero-order valence-corrected chi connectivity index (χ0v) is 13.2. The molecule has 0 amide bonds. The van der Waals surface area contributed by atoms with Gasteiger partial charge in [0.05, 0.1) is 10.0 Å². The minimum Gasteiger partial charge on any atom is -0.457 e. The highest BCUT2D eigenvalue weighted by atomic mass is 35.5. The number of benzene rings is 2. The van der Waals surface area contributed by atoms with Crippen LogP contribution in [0.25, 0.3) is 0 Å². The Morgan fingerprint density at radius 2 is 1.70 bits per heavy atom. The van der Waals surface area contributed by atoms with E-state index in [2.05, 4.69) is 17.9 Å². The third-order valence-corrected chi connectivity index (χ3v) is 4.00. The molecular weight excluding hydrogens is 293 g/mol. The molecule has 2 aromatic carbocycles. The molecule has 0 saturated carbocycles. The summed E-state index contributed by atoms with van der Waals surface area (Å²) in [4.78, 5) is 2.14. The summed E-state index contributed by atoms with van der Waals surface area (Å²) in [5, 5.41) is 1.01. The van der Waals surface area contributed by atoms with Crippen LogP contribution in [-0.4, -0.2) is 19.0 Å². The van der Waals surface area contributed by atoms with E-state index in [1.807, 2.05) is 38.4 Å². The van der Waals surface area contributed by atoms with Crippen LogP contribution in [-0.2, 0) is 0 Å². The maximum atomic E-state index is 6.01. The average Bonchev–Trinajstić information content (AvgIpc) is 2.42. The zero-order valence-electron chi connectivity index (χ0n) is 11.7. The van der Waals surface area contributed by atoms with Crippen LogP contribution < -0.4 is 4.74 Å². The van der Waals surface area contributed by atoms with Crippen LogP contribution in [0.1, 0.15) is 18.5 Å². The van der Waals surface area contributed by atoms with Gasteiger partial charge in [-0.3, -0.25) is 0 Å². The highest BCUT2D eigenvalue weighted by Crippen LogP contribution is 2.33. The van der Waals surface area contributed by atoms with Crippen LogP contribution in [0, 0.1) is 0 Å². The van der Waals surface area contributed by atoms with Gasteiger partial charge in [-0.25, -0.2) is 0 Å². The molecule has 1 unspecified atom stereocenters. The lowest BCUT2D eigenvalue weighted by Crippen LogP contribution is -2.17. The Bertz CT molecular complexity index is 599. The van der Waals surface area contributed by atoms with Crippen molar-refractivity contribution in [1.82, 2.24) is 4.90 Å². The molecule has 0 aliphatic rings. The van der Waals surface area contributed by atoms with E-state index in [0.29, 0.717) is 15.8 Å². The van der Waals surface area contributed by atoms with Gasteiger partial charge in [0.1, 0.15) is 11.5 Å². The predicted molar refractivity (Wildman–Crippen MR) is 85.1 cm³/mol. The Morgan fingerprint density at radius 3 is 2.35 bits per heavy atom. The quantitative estimate of drug-likeness (QED) is 0.749. The molecule has 0 saturated heterocycles. The van der Waals surface area contributed by atoms with Gasteiger partial charge in [0.15, 0.2) is 0 Å². The summed E-state index contributed by atoms with van der Waals surface area (Å²) in [5.41, 5.74) is 1.13. The third-order valence-electron chi connectivity index (χ3n) is 3.26. The van der Waals surface area contributed by atoms with E-state index in [9.17, 15) is 0 Å². The number of rotatable bonds is 4. The molecule has 0 radical (unpaired) electrons. The van der Waals surface area contributed by atoms with Crippen LogP contribution in [0.4, 0.5) is 0 Å². The van der Waals surface area contributed by atoms with E-state index in [1.165, 1.54) is 0 Å². The molecule has 2 aromatic rings. The number of nitrogens with zero attached hydrogens (tertiary/aromatic N) is 1. The molecule has 0 fully saturated rings. The van der Waals surface area contributed by atoms with Gasteiger partial charge in [-0.1, -0.05) is 41.4 Å². The zero-order chi connectivity index (χ0) is 14.7. The fourth-order valence-electron chi connectivity index (χ4n) is 1.86. The minimum absolute atomic E-state index is 0.258. The van der Waals surface area contributed by atoms with Gasteiger partial charge in [0.25, 0.3) is 0 Å². The van der Waals surface area contributed by atoms with Crippen molar-refractivity contribution in [2.75, 3.05) is 14.1 Å². The number of halogens is 2. The highest BCUT2D eigenvalue weighted by Gasteiger charge is 2.14. The Balaban J connectivity index is 2.31. The molecule has 0 bridgehead atoms. The summed E-state index contributed by atoms with van der Waals surface area (Å²) in [7, 11) is 4.08. The van der Waals surface area contributed by atoms with Crippen LogP contribution in [0.15, 0.2) is 42.5 Å². The summed E-state index contributed by atoms with van der Waals surface area (Å²) in [6.45, 7) is 2.14. The monoisotopic (exact) mass is 309 g/mol. The van der Waals surface area contributed by atoms with Crippen LogP contribution in [0.5, 0.6) is 11.5 Å². The molecular formula is C16H17Cl2NO. The number of hydrogen-bond donors (Lipinski definition) is 0. The van der Waals surface area contributed by atoms with E-state index >= 15 is 0 Å². The first-order chi connectivity index (χ1) is 9.49. The highest BCUT2D eigenvalue weighted by molar-refractivity contribution is 6.42.